The summed E-state index contributed by atoms with van der Waals surface area (Å²) in [4.78, 5) is 11.8. The van der Waals surface area contributed by atoms with Crippen molar-refractivity contribution < 1.29 is 13.2 Å². The molecule has 0 heterocycles. The van der Waals surface area contributed by atoms with E-state index < -0.39 is 21.5 Å². The van der Waals surface area contributed by atoms with Crippen molar-refractivity contribution in [3.05, 3.63) is 29.3 Å². The van der Waals surface area contributed by atoms with E-state index in [1.807, 2.05) is 13.8 Å². The van der Waals surface area contributed by atoms with Crippen LogP contribution in [-0.4, -0.2) is 39.2 Å². The first kappa shape index (κ1) is 20.2. The van der Waals surface area contributed by atoms with Gasteiger partial charge in [-0.1, -0.05) is 18.5 Å². The smallest absolute Gasteiger partial charge is 0.235 e. The molecule has 0 radical (unpaired) electrons. The molecule has 0 saturated heterocycles. The number of rotatable bonds is 7. The van der Waals surface area contributed by atoms with E-state index in [1.54, 1.807) is 0 Å². The molecule has 0 aromatic heterocycles. The molecule has 0 bridgehead atoms. The molecule has 0 fully saturated rings. The van der Waals surface area contributed by atoms with Crippen LogP contribution in [0.3, 0.4) is 0 Å². The average molecular weight is 355 g/mol. The third-order valence-corrected chi connectivity index (χ3v) is 4.54. The Labute approximate surface area is 136 Å². The van der Waals surface area contributed by atoms with E-state index in [9.17, 15) is 13.2 Å². The maximum Gasteiger partial charge on any atom is 0.235 e. The highest BCUT2D eigenvalue weighted by Gasteiger charge is 2.19. The summed E-state index contributed by atoms with van der Waals surface area (Å²) in [6.45, 7) is 5.06. The lowest BCUT2D eigenvalue weighted by Gasteiger charge is -2.13. The third kappa shape index (κ3) is 7.13. The molecule has 0 aliphatic rings. The third-order valence-electron chi connectivity index (χ3n) is 2.65. The van der Waals surface area contributed by atoms with Gasteiger partial charge in [-0.15, -0.1) is 12.4 Å². The van der Waals surface area contributed by atoms with Crippen molar-refractivity contribution in [2.45, 2.75) is 24.8 Å². The minimum Gasteiger partial charge on any atom is -0.354 e. The average Bonchev–Trinajstić information content (AvgIpc) is 2.37. The van der Waals surface area contributed by atoms with E-state index in [1.165, 1.54) is 24.3 Å². The van der Waals surface area contributed by atoms with Crippen molar-refractivity contribution in [2.24, 2.45) is 0 Å². The fourth-order valence-corrected chi connectivity index (χ4v) is 2.93. The van der Waals surface area contributed by atoms with Crippen molar-refractivity contribution in [2.75, 3.05) is 18.8 Å². The maximum atomic E-state index is 12.0. The summed E-state index contributed by atoms with van der Waals surface area (Å²) in [6, 6.07) is 5.86. The van der Waals surface area contributed by atoms with E-state index in [0.717, 1.165) is 6.54 Å². The van der Waals surface area contributed by atoms with Gasteiger partial charge in [0.2, 0.25) is 5.91 Å². The molecule has 21 heavy (non-hydrogen) atoms. The van der Waals surface area contributed by atoms with Gasteiger partial charge in [-0.05, 0) is 37.7 Å². The van der Waals surface area contributed by atoms with Crippen LogP contribution >= 0.6 is 24.0 Å². The molecule has 8 heteroatoms. The van der Waals surface area contributed by atoms with E-state index in [0.29, 0.717) is 11.6 Å². The zero-order valence-corrected chi connectivity index (χ0v) is 14.3. The lowest BCUT2D eigenvalue weighted by molar-refractivity contribution is -0.118. The second kappa shape index (κ2) is 9.25. The van der Waals surface area contributed by atoms with Gasteiger partial charge < -0.3 is 10.6 Å². The molecule has 1 amide bonds. The standard InChI is InChI=1S/C13H19ClN2O3S.ClH/c1-3-15-10(2)8-16-13(17)9-20(18,19)12-6-4-11(14)5-7-12;/h4-7,10,15H,3,8-9H2,1-2H3,(H,16,17);1H/t10-;/m1./s1. The highest BCUT2D eigenvalue weighted by atomic mass is 35.5. The predicted octanol–water partition coefficient (Wildman–Crippen LogP) is 1.65. The van der Waals surface area contributed by atoms with E-state index in [2.05, 4.69) is 10.6 Å². The number of hydrogen-bond acceptors (Lipinski definition) is 4. The Morgan fingerprint density at radius 2 is 1.86 bits per heavy atom. The van der Waals surface area contributed by atoms with Gasteiger partial charge in [0.15, 0.2) is 9.84 Å². The van der Waals surface area contributed by atoms with Crippen LogP contribution in [0.5, 0.6) is 0 Å². The van der Waals surface area contributed by atoms with Crippen molar-refractivity contribution in [3.8, 4) is 0 Å². The van der Waals surface area contributed by atoms with E-state index in [4.69, 9.17) is 11.6 Å². The van der Waals surface area contributed by atoms with Crippen molar-refractivity contribution in [1.82, 2.24) is 10.6 Å². The molecule has 2 N–H and O–H groups in total. The molecule has 0 saturated carbocycles. The van der Waals surface area contributed by atoms with Gasteiger partial charge in [0.1, 0.15) is 5.75 Å². The SMILES string of the molecule is CCN[C@H](C)CNC(=O)CS(=O)(=O)c1ccc(Cl)cc1.Cl. The zero-order chi connectivity index (χ0) is 15.2. The molecular weight excluding hydrogens is 335 g/mol. The second-order valence-electron chi connectivity index (χ2n) is 4.48. The molecule has 5 nitrogen and oxygen atoms in total. The Kier molecular flexibility index (Phi) is 8.89. The molecule has 120 valence electrons. The molecule has 0 spiro atoms. The molecule has 1 aromatic carbocycles. The lowest BCUT2D eigenvalue weighted by atomic mass is 10.3. The molecule has 1 aromatic rings. The van der Waals surface area contributed by atoms with Crippen molar-refractivity contribution in [1.29, 1.82) is 0 Å². The summed E-state index contributed by atoms with van der Waals surface area (Å²) in [6.07, 6.45) is 0. The van der Waals surface area contributed by atoms with Crippen molar-refractivity contribution >= 4 is 39.8 Å². The van der Waals surface area contributed by atoms with Crippen LogP contribution in [0, 0.1) is 0 Å². The van der Waals surface area contributed by atoms with Crippen LogP contribution in [0.1, 0.15) is 13.8 Å². The van der Waals surface area contributed by atoms with Gasteiger partial charge in [0.25, 0.3) is 0 Å². The monoisotopic (exact) mass is 354 g/mol. The summed E-state index contributed by atoms with van der Waals surface area (Å²) >= 11 is 5.70. The van der Waals surface area contributed by atoms with Crippen LogP contribution in [-0.2, 0) is 14.6 Å². The minimum atomic E-state index is -3.63. The lowest BCUT2D eigenvalue weighted by Crippen LogP contribution is -2.40. The van der Waals surface area contributed by atoms with Gasteiger partial charge in [0, 0.05) is 17.6 Å². The number of sulfone groups is 1. The normalized spacial score (nSPS) is 12.3. The quantitative estimate of drug-likeness (QED) is 0.780. The Balaban J connectivity index is 0.00000400. The second-order valence-corrected chi connectivity index (χ2v) is 6.90. The largest absolute Gasteiger partial charge is 0.354 e. The highest BCUT2D eigenvalue weighted by molar-refractivity contribution is 7.92. The van der Waals surface area contributed by atoms with Crippen molar-refractivity contribution in [3.63, 3.8) is 0 Å². The fraction of sp³-hybridized carbons (Fsp3) is 0.462. The van der Waals surface area contributed by atoms with Gasteiger partial charge in [-0.2, -0.15) is 0 Å². The first-order chi connectivity index (χ1) is 9.35. The van der Waals surface area contributed by atoms with E-state index >= 15 is 0 Å². The first-order valence-electron chi connectivity index (χ1n) is 6.33. The van der Waals surface area contributed by atoms with Crippen LogP contribution < -0.4 is 10.6 Å². The van der Waals surface area contributed by atoms with Crippen LogP contribution in [0.15, 0.2) is 29.2 Å². The zero-order valence-electron chi connectivity index (χ0n) is 11.9. The minimum absolute atomic E-state index is 0. The summed E-state index contributed by atoms with van der Waals surface area (Å²) < 4.78 is 24.0. The number of nitrogens with one attached hydrogen (secondary N) is 2. The Hall–Kier alpha value is -0.820. The molecule has 1 rings (SSSR count). The van der Waals surface area contributed by atoms with E-state index in [-0.39, 0.29) is 23.3 Å². The Bertz CT molecular complexity index is 547. The highest BCUT2D eigenvalue weighted by Crippen LogP contribution is 2.15. The van der Waals surface area contributed by atoms with Crippen LogP contribution in [0.4, 0.5) is 0 Å². The van der Waals surface area contributed by atoms with Gasteiger partial charge in [-0.25, -0.2) is 8.42 Å². The Morgan fingerprint density at radius 3 is 2.38 bits per heavy atom. The number of hydrogen-bond donors (Lipinski definition) is 2. The molecular formula is C13H20Cl2N2O3S. The molecule has 1 atom stereocenters. The number of amides is 1. The Morgan fingerprint density at radius 1 is 1.29 bits per heavy atom. The summed E-state index contributed by atoms with van der Waals surface area (Å²) in [7, 11) is -3.63. The summed E-state index contributed by atoms with van der Waals surface area (Å²) in [5, 5.41) is 6.17. The number of benzene rings is 1. The molecule has 0 unspecified atom stereocenters. The number of carbonyl (C=O) groups excluding carboxylic acids is 1. The maximum absolute atomic E-state index is 12.0. The topological polar surface area (TPSA) is 75.3 Å². The number of likely N-dealkylation sites (N-methyl/N-ethyl adjacent to an activating group) is 1. The number of halogens is 2. The number of carbonyl (C=O) groups is 1. The van der Waals surface area contributed by atoms with Crippen LogP contribution in [0.2, 0.25) is 5.02 Å². The molecule has 0 aliphatic carbocycles. The van der Waals surface area contributed by atoms with Gasteiger partial charge in [-0.3, -0.25) is 4.79 Å². The fourth-order valence-electron chi connectivity index (χ4n) is 1.64. The summed E-state index contributed by atoms with van der Waals surface area (Å²) in [5.74, 6) is -1.07. The first-order valence-corrected chi connectivity index (χ1v) is 8.36. The van der Waals surface area contributed by atoms with Gasteiger partial charge >= 0.3 is 0 Å². The predicted molar refractivity (Wildman–Crippen MR) is 86.9 cm³/mol. The molecule has 0 aliphatic heterocycles. The van der Waals surface area contributed by atoms with Gasteiger partial charge in [0.05, 0.1) is 4.90 Å². The van der Waals surface area contributed by atoms with Crippen LogP contribution in [0.25, 0.3) is 0 Å². The summed E-state index contributed by atoms with van der Waals surface area (Å²) in [5.41, 5.74) is 0.